The Morgan fingerprint density at radius 1 is 1.13 bits per heavy atom. The lowest BCUT2D eigenvalue weighted by Gasteiger charge is -2.23. The van der Waals surface area contributed by atoms with Gasteiger partial charge >= 0.3 is 0 Å². The molecule has 2 aromatic carbocycles. The first-order valence-electron chi connectivity index (χ1n) is 12.7. The first-order valence-corrected chi connectivity index (χ1v) is 13.9. The zero-order valence-corrected chi connectivity index (χ0v) is 23.6. The number of carbonyl (C=O) groups is 2. The average Bonchev–Trinajstić information content (AvgIpc) is 3.49. The first kappa shape index (κ1) is 28.2. The SMILES string of the molecule is CN(CCC(C)(C)O)Cc1ccc(N2C[C@H](NC(=O)c3nnc(CCc4ccc(Cl)cc4)s3)CC2=O)cc1. The van der Waals surface area contributed by atoms with E-state index in [0.29, 0.717) is 29.4 Å². The highest BCUT2D eigenvalue weighted by Crippen LogP contribution is 2.23. The summed E-state index contributed by atoms with van der Waals surface area (Å²) in [4.78, 5) is 29.3. The number of halogens is 1. The molecule has 38 heavy (non-hydrogen) atoms. The van der Waals surface area contributed by atoms with Crippen molar-refractivity contribution in [2.45, 2.75) is 57.7 Å². The fourth-order valence-electron chi connectivity index (χ4n) is 4.29. The predicted octanol–water partition coefficient (Wildman–Crippen LogP) is 4.10. The molecule has 0 saturated carbocycles. The van der Waals surface area contributed by atoms with Crippen LogP contribution >= 0.6 is 22.9 Å². The van der Waals surface area contributed by atoms with Gasteiger partial charge in [0.2, 0.25) is 10.9 Å². The maximum absolute atomic E-state index is 12.8. The third-order valence-corrected chi connectivity index (χ3v) is 7.70. The fraction of sp³-hybridized carbons (Fsp3) is 0.429. The fourth-order valence-corrected chi connectivity index (χ4v) is 5.15. The van der Waals surface area contributed by atoms with E-state index in [1.54, 1.807) is 4.90 Å². The summed E-state index contributed by atoms with van der Waals surface area (Å²) in [5, 5.41) is 22.9. The molecule has 1 fully saturated rings. The molecule has 0 spiro atoms. The number of rotatable bonds is 11. The van der Waals surface area contributed by atoms with Crippen molar-refractivity contribution in [3.05, 3.63) is 74.7 Å². The van der Waals surface area contributed by atoms with Gasteiger partial charge in [0.25, 0.3) is 5.91 Å². The molecule has 0 aliphatic carbocycles. The van der Waals surface area contributed by atoms with Gasteiger partial charge in [0.15, 0.2) is 0 Å². The van der Waals surface area contributed by atoms with Crippen molar-refractivity contribution in [1.82, 2.24) is 20.4 Å². The molecule has 0 radical (unpaired) electrons. The van der Waals surface area contributed by atoms with Gasteiger partial charge in [-0.25, -0.2) is 0 Å². The topological polar surface area (TPSA) is 98.7 Å². The summed E-state index contributed by atoms with van der Waals surface area (Å²) < 4.78 is 0. The number of carbonyl (C=O) groups excluding carboxylic acids is 2. The lowest BCUT2D eigenvalue weighted by atomic mass is 10.1. The Morgan fingerprint density at radius 2 is 1.82 bits per heavy atom. The molecule has 1 aliphatic heterocycles. The molecule has 1 aromatic heterocycles. The van der Waals surface area contributed by atoms with Gasteiger partial charge in [0, 0.05) is 43.2 Å². The monoisotopic (exact) mass is 555 g/mol. The molecule has 1 atom stereocenters. The van der Waals surface area contributed by atoms with Crippen LogP contribution in [0.2, 0.25) is 5.02 Å². The van der Waals surface area contributed by atoms with E-state index in [4.69, 9.17) is 11.6 Å². The van der Waals surface area contributed by atoms with Crippen molar-refractivity contribution in [2.75, 3.05) is 25.0 Å². The quantitative estimate of drug-likeness (QED) is 0.369. The Hall–Kier alpha value is -2.85. The van der Waals surface area contributed by atoms with E-state index in [1.807, 2.05) is 69.4 Å². The van der Waals surface area contributed by atoms with Crippen LogP contribution in [-0.4, -0.2) is 63.8 Å². The minimum atomic E-state index is -0.684. The van der Waals surface area contributed by atoms with Crippen LogP contribution in [0.25, 0.3) is 0 Å². The Kier molecular flexibility index (Phi) is 9.15. The lowest BCUT2D eigenvalue weighted by molar-refractivity contribution is -0.117. The van der Waals surface area contributed by atoms with Crippen molar-refractivity contribution in [1.29, 1.82) is 0 Å². The Bertz CT molecular complexity index is 1240. The molecule has 0 unspecified atom stereocenters. The van der Waals surface area contributed by atoms with Gasteiger partial charge in [-0.2, -0.15) is 0 Å². The maximum Gasteiger partial charge on any atom is 0.282 e. The van der Waals surface area contributed by atoms with E-state index in [9.17, 15) is 14.7 Å². The predicted molar refractivity (Wildman–Crippen MR) is 151 cm³/mol. The summed E-state index contributed by atoms with van der Waals surface area (Å²) in [6, 6.07) is 15.3. The maximum atomic E-state index is 12.8. The summed E-state index contributed by atoms with van der Waals surface area (Å²) in [5.41, 5.74) is 2.41. The molecule has 202 valence electrons. The number of hydrogen-bond donors (Lipinski definition) is 2. The van der Waals surface area contributed by atoms with Crippen LogP contribution in [0.15, 0.2) is 48.5 Å². The van der Waals surface area contributed by atoms with Crippen LogP contribution in [0, 0.1) is 0 Å². The standard InChI is InChI=1S/C28H34ClN5O3S/c1-28(2,37)14-15-33(3)17-20-6-11-23(12-7-20)34-18-22(16-25(34)35)30-26(36)27-32-31-24(38-27)13-8-19-4-9-21(29)10-5-19/h4-7,9-12,22,37H,8,13-18H2,1-3H3,(H,30,36)/t22-/m1/s1. The number of hydrogen-bond acceptors (Lipinski definition) is 7. The number of aryl methyl sites for hydroxylation is 2. The van der Waals surface area contributed by atoms with Crippen LogP contribution < -0.4 is 10.2 Å². The van der Waals surface area contributed by atoms with Gasteiger partial charge in [0.1, 0.15) is 5.01 Å². The molecule has 8 nitrogen and oxygen atoms in total. The van der Waals surface area contributed by atoms with Gasteiger partial charge < -0.3 is 20.2 Å². The third kappa shape index (κ3) is 8.07. The highest BCUT2D eigenvalue weighted by atomic mass is 35.5. The van der Waals surface area contributed by atoms with Crippen LogP contribution in [0.1, 0.15) is 52.6 Å². The molecule has 2 N–H and O–H groups in total. The minimum Gasteiger partial charge on any atom is -0.390 e. The van der Waals surface area contributed by atoms with Gasteiger partial charge in [0.05, 0.1) is 11.6 Å². The summed E-state index contributed by atoms with van der Waals surface area (Å²) >= 11 is 7.22. The van der Waals surface area contributed by atoms with Gasteiger partial charge in [-0.15, -0.1) is 10.2 Å². The van der Waals surface area contributed by atoms with E-state index < -0.39 is 5.60 Å². The molecule has 3 aromatic rings. The number of aromatic nitrogens is 2. The second-order valence-electron chi connectivity index (χ2n) is 10.5. The van der Waals surface area contributed by atoms with Crippen LogP contribution in [0.4, 0.5) is 5.69 Å². The average molecular weight is 556 g/mol. The largest absolute Gasteiger partial charge is 0.390 e. The second-order valence-corrected chi connectivity index (χ2v) is 12.0. The van der Waals surface area contributed by atoms with Gasteiger partial charge in [-0.3, -0.25) is 9.59 Å². The summed E-state index contributed by atoms with van der Waals surface area (Å²) in [5.74, 6) is -0.324. The van der Waals surface area contributed by atoms with E-state index >= 15 is 0 Å². The summed E-state index contributed by atoms with van der Waals surface area (Å²) in [6.45, 7) is 5.58. The number of benzene rings is 2. The number of amides is 2. The summed E-state index contributed by atoms with van der Waals surface area (Å²) in [6.07, 6.45) is 2.41. The zero-order valence-electron chi connectivity index (χ0n) is 22.0. The first-order chi connectivity index (χ1) is 18.1. The molecule has 4 rings (SSSR count). The van der Waals surface area contributed by atoms with Crippen molar-refractivity contribution in [3.63, 3.8) is 0 Å². The molecule has 0 bridgehead atoms. The molecular formula is C28H34ClN5O3S. The third-order valence-electron chi connectivity index (χ3n) is 6.47. The summed E-state index contributed by atoms with van der Waals surface area (Å²) in [7, 11) is 2.03. The zero-order chi connectivity index (χ0) is 27.3. The smallest absolute Gasteiger partial charge is 0.282 e. The number of nitrogens with one attached hydrogen (secondary N) is 1. The molecular weight excluding hydrogens is 522 g/mol. The highest BCUT2D eigenvalue weighted by molar-refractivity contribution is 7.13. The normalized spacial score (nSPS) is 15.9. The van der Waals surface area contributed by atoms with E-state index in [2.05, 4.69) is 20.4 Å². The number of aliphatic hydroxyl groups is 1. The Labute approximate surface area is 232 Å². The number of nitrogens with zero attached hydrogens (tertiary/aromatic N) is 4. The van der Waals surface area contributed by atoms with Gasteiger partial charge in [-0.05, 0) is 69.1 Å². The van der Waals surface area contributed by atoms with E-state index in [-0.39, 0.29) is 24.3 Å². The molecule has 2 amide bonds. The van der Waals surface area contributed by atoms with E-state index in [1.165, 1.54) is 11.3 Å². The molecule has 1 saturated heterocycles. The number of anilines is 1. The van der Waals surface area contributed by atoms with Crippen molar-refractivity contribution in [2.24, 2.45) is 0 Å². The van der Waals surface area contributed by atoms with E-state index in [0.717, 1.165) is 41.3 Å². The van der Waals surface area contributed by atoms with Crippen LogP contribution in [0.5, 0.6) is 0 Å². The highest BCUT2D eigenvalue weighted by Gasteiger charge is 2.32. The molecule has 10 heteroatoms. The molecule has 1 aliphatic rings. The molecule has 2 heterocycles. The van der Waals surface area contributed by atoms with Crippen LogP contribution in [0.3, 0.4) is 0 Å². The van der Waals surface area contributed by atoms with Crippen molar-refractivity contribution < 1.29 is 14.7 Å². The Morgan fingerprint density at radius 3 is 2.50 bits per heavy atom. The van der Waals surface area contributed by atoms with Crippen LogP contribution in [-0.2, 0) is 24.2 Å². The Balaban J connectivity index is 1.26. The second kappa shape index (κ2) is 12.3. The van der Waals surface area contributed by atoms with Crippen molar-refractivity contribution >= 4 is 40.4 Å². The lowest BCUT2D eigenvalue weighted by Crippen LogP contribution is -2.37. The van der Waals surface area contributed by atoms with Gasteiger partial charge in [-0.1, -0.05) is 47.2 Å². The minimum absolute atomic E-state index is 0.0220. The van der Waals surface area contributed by atoms with Crippen molar-refractivity contribution in [3.8, 4) is 0 Å².